The predicted molar refractivity (Wildman–Crippen MR) is 129 cm³/mol. The van der Waals surface area contributed by atoms with Crippen molar-refractivity contribution >= 4 is 17.5 Å². The van der Waals surface area contributed by atoms with E-state index in [1.165, 1.54) is 0 Å². The van der Waals surface area contributed by atoms with E-state index in [1.54, 1.807) is 6.92 Å². The second-order valence-corrected chi connectivity index (χ2v) is 8.65. The molecule has 0 spiro atoms. The molecule has 1 aliphatic carbocycles. The fourth-order valence-electron chi connectivity index (χ4n) is 5.03. The molecule has 172 valence electrons. The molecule has 33 heavy (non-hydrogen) atoms. The van der Waals surface area contributed by atoms with Gasteiger partial charge in [0.15, 0.2) is 0 Å². The molecule has 0 amide bonds. The van der Waals surface area contributed by atoms with Gasteiger partial charge in [0, 0.05) is 29.3 Å². The number of hydrogen-bond acceptors (Lipinski definition) is 5. The van der Waals surface area contributed by atoms with Gasteiger partial charge in [-0.3, -0.25) is 9.79 Å². The Morgan fingerprint density at radius 3 is 2.45 bits per heavy atom. The highest BCUT2D eigenvalue weighted by atomic mass is 16.5. The molecule has 5 nitrogen and oxygen atoms in total. The third kappa shape index (κ3) is 4.63. The molecular weight excluding hydrogens is 414 g/mol. The monoisotopic (exact) mass is 445 g/mol. The van der Waals surface area contributed by atoms with Gasteiger partial charge in [-0.15, -0.1) is 0 Å². The largest absolute Gasteiger partial charge is 0.493 e. The SMILES string of the molecule is CCCOc1ccccc1[C@H]1C(C(=O)OCC)=C(C)N=C2C[C@H](c3ccccc3)CC(=O)C21. The van der Waals surface area contributed by atoms with E-state index in [2.05, 4.69) is 19.1 Å². The molecule has 1 heterocycles. The van der Waals surface area contributed by atoms with E-state index < -0.39 is 17.8 Å². The zero-order valence-electron chi connectivity index (χ0n) is 19.5. The molecule has 0 aromatic heterocycles. The Morgan fingerprint density at radius 2 is 1.73 bits per heavy atom. The van der Waals surface area contributed by atoms with Gasteiger partial charge in [0.1, 0.15) is 11.5 Å². The summed E-state index contributed by atoms with van der Waals surface area (Å²) in [4.78, 5) is 31.6. The summed E-state index contributed by atoms with van der Waals surface area (Å²) < 4.78 is 11.5. The minimum Gasteiger partial charge on any atom is -0.493 e. The molecule has 1 aliphatic heterocycles. The van der Waals surface area contributed by atoms with Crippen molar-refractivity contribution in [2.75, 3.05) is 13.2 Å². The van der Waals surface area contributed by atoms with E-state index in [0.29, 0.717) is 36.5 Å². The Bertz CT molecular complexity index is 1090. The van der Waals surface area contributed by atoms with Gasteiger partial charge in [0.25, 0.3) is 0 Å². The number of aliphatic imine (C=N–C) groups is 1. The Kier molecular flexibility index (Phi) is 7.07. The molecule has 3 atom stereocenters. The quantitative estimate of drug-likeness (QED) is 0.519. The Hall–Kier alpha value is -3.21. The van der Waals surface area contributed by atoms with Gasteiger partial charge in [0.2, 0.25) is 0 Å². The summed E-state index contributed by atoms with van der Waals surface area (Å²) in [5.41, 5.74) is 3.92. The molecule has 0 saturated heterocycles. The molecule has 5 heteroatoms. The molecule has 0 radical (unpaired) electrons. The topological polar surface area (TPSA) is 65.0 Å². The minimum atomic E-state index is -0.487. The van der Waals surface area contributed by atoms with Crippen molar-refractivity contribution in [3.63, 3.8) is 0 Å². The molecule has 2 aromatic rings. The van der Waals surface area contributed by atoms with Crippen LogP contribution >= 0.6 is 0 Å². The lowest BCUT2D eigenvalue weighted by Gasteiger charge is -2.38. The zero-order chi connectivity index (χ0) is 23.4. The van der Waals surface area contributed by atoms with E-state index in [0.717, 1.165) is 23.3 Å². The van der Waals surface area contributed by atoms with Crippen molar-refractivity contribution < 1.29 is 19.1 Å². The second kappa shape index (κ2) is 10.2. The fraction of sp³-hybridized carbons (Fsp3) is 0.393. The lowest BCUT2D eigenvalue weighted by Crippen LogP contribution is -2.41. The highest BCUT2D eigenvalue weighted by Gasteiger charge is 2.46. The number of Topliss-reactive ketones (excluding diaryl/α,β-unsaturated/α-hetero) is 1. The second-order valence-electron chi connectivity index (χ2n) is 8.65. The van der Waals surface area contributed by atoms with Crippen LogP contribution in [0, 0.1) is 5.92 Å². The van der Waals surface area contributed by atoms with Crippen molar-refractivity contribution in [2.24, 2.45) is 10.9 Å². The van der Waals surface area contributed by atoms with Gasteiger partial charge in [0.05, 0.1) is 24.7 Å². The number of ether oxygens (including phenoxy) is 2. The van der Waals surface area contributed by atoms with Crippen LogP contribution < -0.4 is 4.74 Å². The molecule has 1 saturated carbocycles. The fourth-order valence-corrected chi connectivity index (χ4v) is 5.03. The van der Waals surface area contributed by atoms with Crippen molar-refractivity contribution in [1.82, 2.24) is 0 Å². The summed E-state index contributed by atoms with van der Waals surface area (Å²) in [6.45, 7) is 6.51. The first-order chi connectivity index (χ1) is 16.0. The summed E-state index contributed by atoms with van der Waals surface area (Å²) in [7, 11) is 0. The lowest BCUT2D eigenvalue weighted by molar-refractivity contribution is -0.139. The zero-order valence-corrected chi connectivity index (χ0v) is 19.5. The van der Waals surface area contributed by atoms with Crippen LogP contribution in [0.2, 0.25) is 0 Å². The number of hydrogen-bond donors (Lipinski definition) is 0. The molecule has 2 aromatic carbocycles. The van der Waals surface area contributed by atoms with E-state index in [4.69, 9.17) is 14.5 Å². The van der Waals surface area contributed by atoms with Crippen LogP contribution in [0.5, 0.6) is 5.75 Å². The van der Waals surface area contributed by atoms with Crippen LogP contribution in [-0.4, -0.2) is 30.7 Å². The maximum atomic E-state index is 13.7. The first kappa shape index (κ1) is 23.0. The van der Waals surface area contributed by atoms with Gasteiger partial charge in [-0.25, -0.2) is 4.79 Å². The first-order valence-corrected chi connectivity index (χ1v) is 11.8. The number of nitrogens with zero attached hydrogens (tertiary/aromatic N) is 1. The Balaban J connectivity index is 1.81. The lowest BCUT2D eigenvalue weighted by atomic mass is 9.66. The number of rotatable bonds is 7. The number of para-hydroxylation sites is 1. The van der Waals surface area contributed by atoms with Gasteiger partial charge in [-0.2, -0.15) is 0 Å². The maximum Gasteiger partial charge on any atom is 0.336 e. The average molecular weight is 446 g/mol. The first-order valence-electron chi connectivity index (χ1n) is 11.8. The van der Waals surface area contributed by atoms with Crippen LogP contribution in [-0.2, 0) is 14.3 Å². The van der Waals surface area contributed by atoms with Crippen LogP contribution in [0.3, 0.4) is 0 Å². The normalized spacial score (nSPS) is 22.5. The van der Waals surface area contributed by atoms with Crippen LogP contribution in [0.25, 0.3) is 0 Å². The van der Waals surface area contributed by atoms with Gasteiger partial charge in [-0.05, 0) is 44.2 Å². The molecule has 0 N–H and O–H groups in total. The van der Waals surface area contributed by atoms with Crippen molar-refractivity contribution in [2.45, 2.75) is 51.9 Å². The van der Waals surface area contributed by atoms with E-state index >= 15 is 0 Å². The summed E-state index contributed by atoms with van der Waals surface area (Å²) in [6, 6.07) is 17.8. The van der Waals surface area contributed by atoms with E-state index in [1.807, 2.05) is 49.4 Å². The third-order valence-corrected chi connectivity index (χ3v) is 6.44. The van der Waals surface area contributed by atoms with Crippen molar-refractivity contribution in [3.8, 4) is 5.75 Å². The Labute approximate surface area is 195 Å². The summed E-state index contributed by atoms with van der Waals surface area (Å²) in [5.74, 6) is -0.450. The van der Waals surface area contributed by atoms with Gasteiger partial charge < -0.3 is 9.47 Å². The summed E-state index contributed by atoms with van der Waals surface area (Å²) >= 11 is 0. The van der Waals surface area contributed by atoms with Crippen molar-refractivity contribution in [1.29, 1.82) is 0 Å². The molecule has 1 unspecified atom stereocenters. The number of benzene rings is 2. The predicted octanol–water partition coefficient (Wildman–Crippen LogP) is 5.61. The molecule has 0 bridgehead atoms. The maximum absolute atomic E-state index is 13.7. The van der Waals surface area contributed by atoms with E-state index in [9.17, 15) is 9.59 Å². The van der Waals surface area contributed by atoms with Gasteiger partial charge in [-0.1, -0.05) is 55.5 Å². The van der Waals surface area contributed by atoms with Crippen LogP contribution in [0.1, 0.15) is 63.0 Å². The van der Waals surface area contributed by atoms with Crippen LogP contribution in [0.15, 0.2) is 70.9 Å². The highest BCUT2D eigenvalue weighted by Crippen LogP contribution is 2.48. The summed E-state index contributed by atoms with van der Waals surface area (Å²) in [5, 5.41) is 0. The average Bonchev–Trinajstić information content (AvgIpc) is 2.82. The van der Waals surface area contributed by atoms with Gasteiger partial charge >= 0.3 is 5.97 Å². The molecule has 4 rings (SSSR count). The van der Waals surface area contributed by atoms with E-state index in [-0.39, 0.29) is 18.3 Å². The Morgan fingerprint density at radius 1 is 1.00 bits per heavy atom. The number of esters is 1. The molecule has 1 fully saturated rings. The smallest absolute Gasteiger partial charge is 0.336 e. The van der Waals surface area contributed by atoms with Crippen LogP contribution in [0.4, 0.5) is 0 Å². The standard InChI is InChI=1S/C28H31NO4/c1-4-15-33-24-14-10-9-13-21(24)26-25(28(31)32-5-2)18(3)29-22-16-20(17-23(30)27(22)26)19-11-7-6-8-12-19/h6-14,20,26-27H,4-5,15-17H2,1-3H3/t20-,26-,27?/m0/s1. The summed E-state index contributed by atoms with van der Waals surface area (Å²) in [6.07, 6.45) is 1.99. The third-order valence-electron chi connectivity index (χ3n) is 6.44. The number of fused-ring (bicyclic) bond motifs is 1. The number of allylic oxidation sites excluding steroid dienone is 1. The minimum absolute atomic E-state index is 0.0953. The number of ketones is 1. The number of carbonyl (C=O) groups excluding carboxylic acids is 2. The number of carbonyl (C=O) groups is 2. The van der Waals surface area contributed by atoms with Crippen molar-refractivity contribution in [3.05, 3.63) is 77.0 Å². The molecule has 2 aliphatic rings. The molecular formula is C28H31NO4. The highest BCUT2D eigenvalue weighted by molar-refractivity contribution is 6.12.